The standard InChI is InChI=1S/C9H15N3O/c1-7(3-6-13)12-9-8(2)10-4-5-11-9/h4-5,7,13H,3,6H2,1-2H3,(H,11,12). The Labute approximate surface area is 78.0 Å². The third-order valence-electron chi connectivity index (χ3n) is 1.83. The number of nitrogens with zero attached hydrogens (tertiary/aromatic N) is 2. The molecule has 0 aliphatic rings. The van der Waals surface area contributed by atoms with Gasteiger partial charge >= 0.3 is 0 Å². The molecule has 1 aromatic rings. The van der Waals surface area contributed by atoms with Crippen LogP contribution in [0.5, 0.6) is 0 Å². The van der Waals surface area contributed by atoms with Crippen LogP contribution >= 0.6 is 0 Å². The maximum Gasteiger partial charge on any atom is 0.147 e. The second-order valence-corrected chi connectivity index (χ2v) is 3.05. The van der Waals surface area contributed by atoms with E-state index in [-0.39, 0.29) is 12.6 Å². The molecule has 13 heavy (non-hydrogen) atoms. The summed E-state index contributed by atoms with van der Waals surface area (Å²) in [5, 5.41) is 11.9. The van der Waals surface area contributed by atoms with E-state index in [0.29, 0.717) is 0 Å². The summed E-state index contributed by atoms with van der Waals surface area (Å²) in [6.45, 7) is 4.10. The first-order valence-corrected chi connectivity index (χ1v) is 4.39. The minimum absolute atomic E-state index is 0.188. The van der Waals surface area contributed by atoms with Crippen LogP contribution < -0.4 is 5.32 Å². The van der Waals surface area contributed by atoms with Gasteiger partial charge in [-0.1, -0.05) is 0 Å². The molecule has 0 saturated heterocycles. The molecule has 1 unspecified atom stereocenters. The number of anilines is 1. The van der Waals surface area contributed by atoms with Crippen molar-refractivity contribution in [2.45, 2.75) is 26.3 Å². The van der Waals surface area contributed by atoms with Gasteiger partial charge in [0, 0.05) is 25.0 Å². The van der Waals surface area contributed by atoms with Crippen LogP contribution in [-0.2, 0) is 0 Å². The lowest BCUT2D eigenvalue weighted by Crippen LogP contribution is -2.18. The zero-order valence-corrected chi connectivity index (χ0v) is 7.99. The molecule has 0 aliphatic heterocycles. The van der Waals surface area contributed by atoms with E-state index in [0.717, 1.165) is 17.9 Å². The van der Waals surface area contributed by atoms with Crippen molar-refractivity contribution in [1.82, 2.24) is 9.97 Å². The van der Waals surface area contributed by atoms with E-state index >= 15 is 0 Å². The van der Waals surface area contributed by atoms with Crippen LogP contribution in [0.15, 0.2) is 12.4 Å². The molecule has 0 fully saturated rings. The van der Waals surface area contributed by atoms with Crippen LogP contribution in [0.2, 0.25) is 0 Å². The summed E-state index contributed by atoms with van der Waals surface area (Å²) in [7, 11) is 0. The van der Waals surface area contributed by atoms with E-state index in [1.54, 1.807) is 12.4 Å². The lowest BCUT2D eigenvalue weighted by Gasteiger charge is -2.13. The fraction of sp³-hybridized carbons (Fsp3) is 0.556. The molecule has 1 aromatic heterocycles. The Morgan fingerprint density at radius 1 is 1.46 bits per heavy atom. The molecule has 4 nitrogen and oxygen atoms in total. The smallest absolute Gasteiger partial charge is 0.147 e. The lowest BCUT2D eigenvalue weighted by atomic mass is 10.2. The SMILES string of the molecule is Cc1nccnc1NC(C)CCO. The summed E-state index contributed by atoms with van der Waals surface area (Å²) in [4.78, 5) is 8.25. The van der Waals surface area contributed by atoms with Gasteiger partial charge in [-0.3, -0.25) is 4.98 Å². The van der Waals surface area contributed by atoms with Crippen LogP contribution in [-0.4, -0.2) is 27.7 Å². The number of aryl methyl sites for hydroxylation is 1. The fourth-order valence-electron chi connectivity index (χ4n) is 1.05. The minimum atomic E-state index is 0.188. The van der Waals surface area contributed by atoms with Crippen LogP contribution in [0.1, 0.15) is 19.0 Å². The average Bonchev–Trinajstić information content (AvgIpc) is 2.09. The van der Waals surface area contributed by atoms with E-state index in [1.165, 1.54) is 0 Å². The van der Waals surface area contributed by atoms with E-state index < -0.39 is 0 Å². The highest BCUT2D eigenvalue weighted by molar-refractivity contribution is 5.38. The fourth-order valence-corrected chi connectivity index (χ4v) is 1.05. The van der Waals surface area contributed by atoms with Crippen molar-refractivity contribution in [2.75, 3.05) is 11.9 Å². The summed E-state index contributed by atoms with van der Waals surface area (Å²) < 4.78 is 0. The Morgan fingerprint density at radius 2 is 2.15 bits per heavy atom. The quantitative estimate of drug-likeness (QED) is 0.726. The summed E-state index contributed by atoms with van der Waals surface area (Å²) in [5.74, 6) is 0.795. The van der Waals surface area contributed by atoms with Gasteiger partial charge in [0.25, 0.3) is 0 Å². The van der Waals surface area contributed by atoms with Gasteiger partial charge in [0.05, 0.1) is 5.69 Å². The first kappa shape index (κ1) is 9.92. The molecule has 72 valence electrons. The molecular formula is C9H15N3O. The van der Waals surface area contributed by atoms with Crippen molar-refractivity contribution in [3.05, 3.63) is 18.1 Å². The second kappa shape index (κ2) is 4.77. The summed E-state index contributed by atoms with van der Waals surface area (Å²) in [6, 6.07) is 0.223. The first-order valence-electron chi connectivity index (χ1n) is 4.39. The highest BCUT2D eigenvalue weighted by atomic mass is 16.3. The zero-order chi connectivity index (χ0) is 9.68. The van der Waals surface area contributed by atoms with Gasteiger partial charge in [-0.2, -0.15) is 0 Å². The lowest BCUT2D eigenvalue weighted by molar-refractivity contribution is 0.282. The molecule has 0 radical (unpaired) electrons. The zero-order valence-electron chi connectivity index (χ0n) is 7.99. The predicted octanol–water partition coefficient (Wildman–Crippen LogP) is 0.968. The number of hydrogen-bond donors (Lipinski definition) is 2. The van der Waals surface area contributed by atoms with Gasteiger partial charge < -0.3 is 10.4 Å². The van der Waals surface area contributed by atoms with Gasteiger partial charge in [0.15, 0.2) is 0 Å². The summed E-state index contributed by atoms with van der Waals surface area (Å²) >= 11 is 0. The van der Waals surface area contributed by atoms with Crippen LogP contribution in [0.4, 0.5) is 5.82 Å². The van der Waals surface area contributed by atoms with Crippen molar-refractivity contribution < 1.29 is 5.11 Å². The third-order valence-corrected chi connectivity index (χ3v) is 1.83. The molecule has 0 saturated carbocycles. The molecule has 0 bridgehead atoms. The predicted molar refractivity (Wildman–Crippen MR) is 51.6 cm³/mol. The normalized spacial score (nSPS) is 12.5. The Hall–Kier alpha value is -1.16. The molecule has 0 spiro atoms. The average molecular weight is 181 g/mol. The Morgan fingerprint density at radius 3 is 2.77 bits per heavy atom. The number of aromatic nitrogens is 2. The van der Waals surface area contributed by atoms with E-state index in [9.17, 15) is 0 Å². The van der Waals surface area contributed by atoms with E-state index in [1.807, 2.05) is 13.8 Å². The third kappa shape index (κ3) is 2.99. The monoisotopic (exact) mass is 181 g/mol. The molecule has 0 aliphatic carbocycles. The minimum Gasteiger partial charge on any atom is -0.396 e. The van der Waals surface area contributed by atoms with Gasteiger partial charge in [-0.05, 0) is 20.3 Å². The van der Waals surface area contributed by atoms with Crippen LogP contribution in [0.3, 0.4) is 0 Å². The first-order chi connectivity index (χ1) is 6.24. The van der Waals surface area contributed by atoms with E-state index in [2.05, 4.69) is 15.3 Å². The Kier molecular flexibility index (Phi) is 3.64. The maximum absolute atomic E-state index is 8.71. The number of rotatable bonds is 4. The molecule has 1 atom stereocenters. The highest BCUT2D eigenvalue weighted by Crippen LogP contribution is 2.08. The summed E-state index contributed by atoms with van der Waals surface area (Å²) in [5.41, 5.74) is 0.882. The van der Waals surface area contributed by atoms with Gasteiger partial charge in [-0.25, -0.2) is 4.98 Å². The Balaban J connectivity index is 2.58. The second-order valence-electron chi connectivity index (χ2n) is 3.05. The van der Waals surface area contributed by atoms with Crippen molar-refractivity contribution in [2.24, 2.45) is 0 Å². The topological polar surface area (TPSA) is 58.0 Å². The van der Waals surface area contributed by atoms with Crippen molar-refractivity contribution in [3.8, 4) is 0 Å². The van der Waals surface area contributed by atoms with Gasteiger partial charge in [-0.15, -0.1) is 0 Å². The van der Waals surface area contributed by atoms with Crippen molar-refractivity contribution in [1.29, 1.82) is 0 Å². The van der Waals surface area contributed by atoms with Crippen molar-refractivity contribution in [3.63, 3.8) is 0 Å². The highest BCUT2D eigenvalue weighted by Gasteiger charge is 2.04. The molecule has 1 rings (SSSR count). The largest absolute Gasteiger partial charge is 0.396 e. The molecule has 0 aromatic carbocycles. The molecule has 2 N–H and O–H groups in total. The number of hydrogen-bond acceptors (Lipinski definition) is 4. The van der Waals surface area contributed by atoms with Gasteiger partial charge in [0.2, 0.25) is 0 Å². The van der Waals surface area contributed by atoms with Crippen LogP contribution in [0, 0.1) is 6.92 Å². The molecule has 0 amide bonds. The maximum atomic E-state index is 8.71. The number of nitrogens with one attached hydrogen (secondary N) is 1. The molecule has 4 heteroatoms. The molecule has 1 heterocycles. The number of aliphatic hydroxyl groups excluding tert-OH is 1. The number of aliphatic hydroxyl groups is 1. The Bertz CT molecular complexity index is 265. The van der Waals surface area contributed by atoms with E-state index in [4.69, 9.17) is 5.11 Å². The van der Waals surface area contributed by atoms with Gasteiger partial charge in [0.1, 0.15) is 5.82 Å². The summed E-state index contributed by atoms with van der Waals surface area (Å²) in [6.07, 6.45) is 4.04. The molecular weight excluding hydrogens is 166 g/mol. The van der Waals surface area contributed by atoms with Crippen molar-refractivity contribution >= 4 is 5.82 Å². The van der Waals surface area contributed by atoms with Crippen LogP contribution in [0.25, 0.3) is 0 Å².